The zero-order chi connectivity index (χ0) is 17.1. The fourth-order valence-electron chi connectivity index (χ4n) is 2.11. The van der Waals surface area contributed by atoms with Crippen molar-refractivity contribution in [3.05, 3.63) is 69.8 Å². The summed E-state index contributed by atoms with van der Waals surface area (Å²) >= 11 is 3.12. The van der Waals surface area contributed by atoms with E-state index in [-0.39, 0.29) is 18.1 Å². The average Bonchev–Trinajstić information content (AvgIpc) is 3.02. The highest BCUT2D eigenvalue weighted by Gasteiger charge is 2.15. The Morgan fingerprint density at radius 3 is 2.83 bits per heavy atom. The summed E-state index contributed by atoms with van der Waals surface area (Å²) < 4.78 is 23.6. The molecule has 0 amide bonds. The average molecular weight is 391 g/mol. The van der Waals surface area contributed by atoms with Gasteiger partial charge in [-0.1, -0.05) is 29.4 Å². The van der Waals surface area contributed by atoms with Gasteiger partial charge in [0.15, 0.2) is 6.61 Å². The first-order valence-electron chi connectivity index (χ1n) is 7.05. The van der Waals surface area contributed by atoms with Crippen molar-refractivity contribution in [1.82, 2.24) is 10.1 Å². The van der Waals surface area contributed by atoms with Gasteiger partial charge in [-0.3, -0.25) is 0 Å². The van der Waals surface area contributed by atoms with E-state index in [4.69, 9.17) is 9.26 Å². The molecule has 3 aromatic rings. The van der Waals surface area contributed by atoms with Crippen LogP contribution in [0.4, 0.5) is 4.39 Å². The zero-order valence-electron chi connectivity index (χ0n) is 12.6. The lowest BCUT2D eigenvalue weighted by molar-refractivity contribution is 0.0428. The maximum Gasteiger partial charge on any atom is 0.339 e. The van der Waals surface area contributed by atoms with Gasteiger partial charge in [0.2, 0.25) is 5.82 Å². The molecular weight excluding hydrogens is 379 g/mol. The van der Waals surface area contributed by atoms with Crippen LogP contribution < -0.4 is 0 Å². The molecule has 0 spiro atoms. The Morgan fingerprint density at radius 1 is 1.29 bits per heavy atom. The van der Waals surface area contributed by atoms with Crippen molar-refractivity contribution in [2.24, 2.45) is 0 Å². The summed E-state index contributed by atoms with van der Waals surface area (Å²) in [6.45, 7) is 1.78. The smallest absolute Gasteiger partial charge is 0.339 e. The van der Waals surface area contributed by atoms with Crippen molar-refractivity contribution >= 4 is 21.9 Å². The number of ether oxygens (including phenoxy) is 1. The molecule has 1 heterocycles. The highest BCUT2D eigenvalue weighted by Crippen LogP contribution is 2.21. The molecule has 3 rings (SSSR count). The predicted molar refractivity (Wildman–Crippen MR) is 87.7 cm³/mol. The Morgan fingerprint density at radius 2 is 2.08 bits per heavy atom. The van der Waals surface area contributed by atoms with Gasteiger partial charge in [0.25, 0.3) is 5.89 Å². The van der Waals surface area contributed by atoms with Crippen LogP contribution in [0.25, 0.3) is 11.4 Å². The van der Waals surface area contributed by atoms with Gasteiger partial charge in [-0.05, 0) is 46.6 Å². The molecule has 0 fully saturated rings. The summed E-state index contributed by atoms with van der Waals surface area (Å²) in [6.07, 6.45) is 0. The first-order chi connectivity index (χ1) is 11.5. The van der Waals surface area contributed by atoms with Gasteiger partial charge in [0.1, 0.15) is 5.82 Å². The van der Waals surface area contributed by atoms with Crippen LogP contribution in [0.15, 0.2) is 51.5 Å². The molecule has 5 nitrogen and oxygen atoms in total. The Balaban J connectivity index is 1.69. The van der Waals surface area contributed by atoms with E-state index in [1.54, 1.807) is 0 Å². The minimum atomic E-state index is -0.613. The van der Waals surface area contributed by atoms with Gasteiger partial charge in [-0.15, -0.1) is 0 Å². The first-order valence-corrected chi connectivity index (χ1v) is 7.84. The van der Waals surface area contributed by atoms with E-state index in [9.17, 15) is 9.18 Å². The summed E-state index contributed by atoms with van der Waals surface area (Å²) in [4.78, 5) is 16.2. The monoisotopic (exact) mass is 390 g/mol. The number of halogens is 2. The van der Waals surface area contributed by atoms with Gasteiger partial charge < -0.3 is 9.26 Å². The van der Waals surface area contributed by atoms with E-state index < -0.39 is 11.8 Å². The second kappa shape index (κ2) is 6.92. The standard InChI is InChI=1S/C17H12BrFN2O3/c1-10-4-2-3-5-12(10)16-20-15(24-21-16)9-23-17(22)13-7-6-11(19)8-14(13)18/h2-8H,9H2,1H3. The normalized spacial score (nSPS) is 10.6. The molecule has 0 atom stereocenters. The van der Waals surface area contributed by atoms with Gasteiger partial charge in [0, 0.05) is 10.0 Å². The summed E-state index contributed by atoms with van der Waals surface area (Å²) in [6, 6.07) is 11.3. The third-order valence-electron chi connectivity index (χ3n) is 3.33. The van der Waals surface area contributed by atoms with E-state index in [0.29, 0.717) is 10.3 Å². The molecule has 7 heteroatoms. The third-order valence-corrected chi connectivity index (χ3v) is 3.99. The molecule has 0 aliphatic rings. The SMILES string of the molecule is Cc1ccccc1-c1noc(COC(=O)c2ccc(F)cc2Br)n1. The van der Waals surface area contributed by atoms with Crippen LogP contribution in [0.5, 0.6) is 0 Å². The highest BCUT2D eigenvalue weighted by atomic mass is 79.9. The van der Waals surface area contributed by atoms with E-state index in [0.717, 1.165) is 11.1 Å². The molecule has 0 N–H and O–H groups in total. The Hall–Kier alpha value is -2.54. The molecule has 0 saturated carbocycles. The van der Waals surface area contributed by atoms with Gasteiger partial charge >= 0.3 is 5.97 Å². The first kappa shape index (κ1) is 16.3. The van der Waals surface area contributed by atoms with E-state index in [2.05, 4.69) is 26.1 Å². The van der Waals surface area contributed by atoms with E-state index >= 15 is 0 Å². The number of rotatable bonds is 4. The maximum absolute atomic E-state index is 13.0. The molecular formula is C17H12BrFN2O3. The molecule has 0 bridgehead atoms. The van der Waals surface area contributed by atoms with Gasteiger partial charge in [0.05, 0.1) is 5.56 Å². The maximum atomic E-state index is 13.0. The Bertz CT molecular complexity index is 895. The molecule has 0 unspecified atom stereocenters. The molecule has 0 aliphatic heterocycles. The zero-order valence-corrected chi connectivity index (χ0v) is 14.2. The molecule has 0 radical (unpaired) electrons. The van der Waals surface area contributed by atoms with Crippen molar-refractivity contribution in [2.75, 3.05) is 0 Å². The minimum absolute atomic E-state index is 0.165. The van der Waals surface area contributed by atoms with Crippen molar-refractivity contribution in [2.45, 2.75) is 13.5 Å². The number of benzene rings is 2. The van der Waals surface area contributed by atoms with Crippen LogP contribution in [-0.2, 0) is 11.3 Å². The highest BCUT2D eigenvalue weighted by molar-refractivity contribution is 9.10. The number of carbonyl (C=O) groups is 1. The molecule has 2 aromatic carbocycles. The number of nitrogens with zero attached hydrogens (tertiary/aromatic N) is 2. The lowest BCUT2D eigenvalue weighted by Crippen LogP contribution is -2.06. The minimum Gasteiger partial charge on any atom is -0.452 e. The third kappa shape index (κ3) is 3.51. The summed E-state index contributed by atoms with van der Waals surface area (Å²) in [5, 5.41) is 3.89. The summed E-state index contributed by atoms with van der Waals surface area (Å²) in [5.74, 6) is -0.447. The second-order valence-electron chi connectivity index (χ2n) is 5.03. The molecule has 0 aliphatic carbocycles. The fraction of sp³-hybridized carbons (Fsp3) is 0.118. The Kier molecular flexibility index (Phi) is 4.71. The summed E-state index contributed by atoms with van der Waals surface area (Å²) in [5.41, 5.74) is 2.08. The van der Waals surface area contributed by atoms with E-state index in [1.165, 1.54) is 18.2 Å². The fourth-order valence-corrected chi connectivity index (χ4v) is 2.62. The quantitative estimate of drug-likeness (QED) is 0.621. The number of aromatic nitrogens is 2. The molecule has 24 heavy (non-hydrogen) atoms. The van der Waals surface area contributed by atoms with Crippen LogP contribution in [0.2, 0.25) is 0 Å². The largest absolute Gasteiger partial charge is 0.452 e. The van der Waals surface area contributed by atoms with Crippen LogP contribution in [0, 0.1) is 12.7 Å². The second-order valence-corrected chi connectivity index (χ2v) is 5.88. The van der Waals surface area contributed by atoms with Gasteiger partial charge in [-0.25, -0.2) is 9.18 Å². The predicted octanol–water partition coefficient (Wildman–Crippen LogP) is 4.30. The molecule has 0 saturated heterocycles. The van der Waals surface area contributed by atoms with Crippen LogP contribution in [0.3, 0.4) is 0 Å². The number of hydrogen-bond acceptors (Lipinski definition) is 5. The number of hydrogen-bond donors (Lipinski definition) is 0. The van der Waals surface area contributed by atoms with Crippen molar-refractivity contribution in [3.8, 4) is 11.4 Å². The number of carbonyl (C=O) groups excluding carboxylic acids is 1. The summed E-state index contributed by atoms with van der Waals surface area (Å²) in [7, 11) is 0. The lowest BCUT2D eigenvalue weighted by atomic mass is 10.1. The van der Waals surface area contributed by atoms with Crippen LogP contribution in [0.1, 0.15) is 21.8 Å². The molecule has 1 aromatic heterocycles. The number of esters is 1. The van der Waals surface area contributed by atoms with Crippen molar-refractivity contribution < 1.29 is 18.4 Å². The van der Waals surface area contributed by atoms with Crippen molar-refractivity contribution in [3.63, 3.8) is 0 Å². The van der Waals surface area contributed by atoms with Crippen LogP contribution in [-0.4, -0.2) is 16.1 Å². The van der Waals surface area contributed by atoms with Crippen LogP contribution >= 0.6 is 15.9 Å². The molecule has 122 valence electrons. The van der Waals surface area contributed by atoms with Crippen molar-refractivity contribution in [1.29, 1.82) is 0 Å². The van der Waals surface area contributed by atoms with E-state index in [1.807, 2.05) is 31.2 Å². The number of aryl methyl sites for hydroxylation is 1. The van der Waals surface area contributed by atoms with Gasteiger partial charge in [-0.2, -0.15) is 4.98 Å². The Labute approximate surface area is 145 Å². The topological polar surface area (TPSA) is 65.2 Å². The lowest BCUT2D eigenvalue weighted by Gasteiger charge is -2.04.